The van der Waals surface area contributed by atoms with Gasteiger partial charge in [-0.25, -0.2) is 4.98 Å². The zero-order valence-corrected chi connectivity index (χ0v) is 15.6. The smallest absolute Gasteiger partial charge is 0.261 e. The molecule has 4 rings (SSSR count). The van der Waals surface area contributed by atoms with Crippen molar-refractivity contribution in [3.05, 3.63) is 52.7 Å². The minimum atomic E-state index is -0.0216. The summed E-state index contributed by atoms with van der Waals surface area (Å²) in [6.45, 7) is 3.05. The molecule has 1 atom stereocenters. The van der Waals surface area contributed by atoms with Crippen molar-refractivity contribution < 1.29 is 4.52 Å². The highest BCUT2D eigenvalue weighted by Crippen LogP contribution is 2.30. The SMILES string of the molecule is CC(Cn1cnc2ccccc2c1=O)NCc1nc(C2CCCCC2)no1. The number of hydrogen-bond acceptors (Lipinski definition) is 6. The summed E-state index contributed by atoms with van der Waals surface area (Å²) in [5, 5.41) is 8.15. The second-order valence-corrected chi connectivity index (χ2v) is 7.38. The lowest BCUT2D eigenvalue weighted by atomic mass is 9.89. The van der Waals surface area contributed by atoms with Crippen molar-refractivity contribution in [2.75, 3.05) is 0 Å². The molecule has 7 heteroatoms. The van der Waals surface area contributed by atoms with Crippen LogP contribution in [0.4, 0.5) is 0 Å². The minimum Gasteiger partial charge on any atom is -0.338 e. The van der Waals surface area contributed by atoms with Crippen molar-refractivity contribution in [2.24, 2.45) is 0 Å². The molecule has 27 heavy (non-hydrogen) atoms. The first-order valence-corrected chi connectivity index (χ1v) is 9.71. The van der Waals surface area contributed by atoms with E-state index < -0.39 is 0 Å². The molecule has 2 aromatic heterocycles. The van der Waals surface area contributed by atoms with Gasteiger partial charge in [0.25, 0.3) is 5.56 Å². The average Bonchev–Trinajstić information content (AvgIpc) is 3.19. The Morgan fingerprint density at radius 3 is 2.93 bits per heavy atom. The molecule has 1 saturated carbocycles. The Morgan fingerprint density at radius 2 is 2.07 bits per heavy atom. The Labute approximate surface area is 157 Å². The summed E-state index contributed by atoms with van der Waals surface area (Å²) in [4.78, 5) is 21.5. The summed E-state index contributed by atoms with van der Waals surface area (Å²) in [5.74, 6) is 1.89. The Balaban J connectivity index is 1.36. The molecular formula is C20H25N5O2. The molecule has 142 valence electrons. The standard InChI is InChI=1S/C20H25N5O2/c1-14(12-25-13-22-17-10-6-5-9-16(17)20(25)26)21-11-18-23-19(24-27-18)15-7-3-2-4-8-15/h5-6,9-10,13-15,21H,2-4,7-8,11-12H2,1H3. The van der Waals surface area contributed by atoms with E-state index in [1.165, 1.54) is 19.3 Å². The Kier molecular flexibility index (Phi) is 5.29. The van der Waals surface area contributed by atoms with Crippen molar-refractivity contribution in [1.29, 1.82) is 0 Å². The maximum Gasteiger partial charge on any atom is 0.261 e. The molecule has 1 aliphatic rings. The van der Waals surface area contributed by atoms with Gasteiger partial charge in [-0.05, 0) is 31.9 Å². The van der Waals surface area contributed by atoms with E-state index in [1.807, 2.05) is 31.2 Å². The maximum absolute atomic E-state index is 12.6. The van der Waals surface area contributed by atoms with Crippen LogP contribution in [0.3, 0.4) is 0 Å². The van der Waals surface area contributed by atoms with E-state index in [-0.39, 0.29) is 11.6 Å². The summed E-state index contributed by atoms with van der Waals surface area (Å²) in [6, 6.07) is 7.47. The molecule has 0 bridgehead atoms. The third kappa shape index (κ3) is 4.08. The van der Waals surface area contributed by atoms with E-state index >= 15 is 0 Å². The van der Waals surface area contributed by atoms with Crippen LogP contribution in [0.15, 0.2) is 39.9 Å². The van der Waals surface area contributed by atoms with Crippen molar-refractivity contribution in [1.82, 2.24) is 25.0 Å². The summed E-state index contributed by atoms with van der Waals surface area (Å²) < 4.78 is 7.04. The van der Waals surface area contributed by atoms with Crippen molar-refractivity contribution >= 4 is 10.9 Å². The number of fused-ring (bicyclic) bond motifs is 1. The predicted octanol–water partition coefficient (Wildman–Crippen LogP) is 3.01. The number of nitrogens with zero attached hydrogens (tertiary/aromatic N) is 4. The summed E-state index contributed by atoms with van der Waals surface area (Å²) in [6.07, 6.45) is 7.72. The second kappa shape index (κ2) is 8.00. The number of rotatable bonds is 6. The molecule has 0 aliphatic heterocycles. The first-order valence-electron chi connectivity index (χ1n) is 9.71. The molecule has 0 amide bonds. The van der Waals surface area contributed by atoms with E-state index in [0.717, 1.165) is 24.2 Å². The highest BCUT2D eigenvalue weighted by molar-refractivity contribution is 5.76. The molecule has 7 nitrogen and oxygen atoms in total. The Bertz CT molecular complexity index is 958. The van der Waals surface area contributed by atoms with Gasteiger partial charge >= 0.3 is 0 Å². The van der Waals surface area contributed by atoms with E-state index in [2.05, 4.69) is 20.4 Å². The lowest BCUT2D eigenvalue weighted by molar-refractivity contribution is 0.340. The van der Waals surface area contributed by atoms with Gasteiger partial charge in [-0.3, -0.25) is 9.36 Å². The molecule has 0 saturated heterocycles. The van der Waals surface area contributed by atoms with E-state index in [9.17, 15) is 4.79 Å². The molecule has 0 radical (unpaired) electrons. The number of hydrogen-bond donors (Lipinski definition) is 1. The van der Waals surface area contributed by atoms with Gasteiger partial charge in [-0.15, -0.1) is 0 Å². The van der Waals surface area contributed by atoms with Crippen LogP contribution in [0.2, 0.25) is 0 Å². The number of benzene rings is 1. The largest absolute Gasteiger partial charge is 0.338 e. The molecule has 0 spiro atoms. The fourth-order valence-corrected chi connectivity index (χ4v) is 3.72. The van der Waals surface area contributed by atoms with Crippen LogP contribution in [-0.4, -0.2) is 25.7 Å². The first kappa shape index (κ1) is 17.9. The van der Waals surface area contributed by atoms with Crippen LogP contribution < -0.4 is 10.9 Å². The molecular weight excluding hydrogens is 342 g/mol. The third-order valence-electron chi connectivity index (χ3n) is 5.26. The van der Waals surface area contributed by atoms with Crippen LogP contribution in [0.25, 0.3) is 10.9 Å². The Hall–Kier alpha value is -2.54. The zero-order valence-electron chi connectivity index (χ0n) is 15.6. The lowest BCUT2D eigenvalue weighted by Gasteiger charge is -2.17. The van der Waals surface area contributed by atoms with Crippen LogP contribution in [0.5, 0.6) is 0 Å². The summed E-state index contributed by atoms with van der Waals surface area (Å²) >= 11 is 0. The van der Waals surface area contributed by atoms with Crippen LogP contribution in [-0.2, 0) is 13.1 Å². The molecule has 1 aliphatic carbocycles. The normalized spacial score (nSPS) is 16.6. The molecule has 1 N–H and O–H groups in total. The molecule has 1 fully saturated rings. The highest BCUT2D eigenvalue weighted by Gasteiger charge is 2.21. The monoisotopic (exact) mass is 367 g/mol. The molecule has 2 heterocycles. The van der Waals surface area contributed by atoms with E-state index in [1.54, 1.807) is 10.9 Å². The minimum absolute atomic E-state index is 0.0216. The third-order valence-corrected chi connectivity index (χ3v) is 5.26. The van der Waals surface area contributed by atoms with E-state index in [4.69, 9.17) is 4.52 Å². The van der Waals surface area contributed by atoms with Crippen molar-refractivity contribution in [3.63, 3.8) is 0 Å². The summed E-state index contributed by atoms with van der Waals surface area (Å²) in [5.41, 5.74) is 0.701. The van der Waals surface area contributed by atoms with Crippen molar-refractivity contribution in [2.45, 2.75) is 64.1 Å². The fourth-order valence-electron chi connectivity index (χ4n) is 3.72. The number of aromatic nitrogens is 4. The predicted molar refractivity (Wildman–Crippen MR) is 102 cm³/mol. The van der Waals surface area contributed by atoms with Gasteiger partial charge in [0.2, 0.25) is 5.89 Å². The van der Waals surface area contributed by atoms with Gasteiger partial charge < -0.3 is 9.84 Å². The quantitative estimate of drug-likeness (QED) is 0.721. The van der Waals surface area contributed by atoms with Crippen LogP contribution in [0, 0.1) is 0 Å². The molecule has 1 unspecified atom stereocenters. The van der Waals surface area contributed by atoms with Gasteiger partial charge in [0.15, 0.2) is 5.82 Å². The van der Waals surface area contributed by atoms with Gasteiger partial charge in [-0.2, -0.15) is 4.98 Å². The van der Waals surface area contributed by atoms with Gasteiger partial charge in [-0.1, -0.05) is 36.6 Å². The Morgan fingerprint density at radius 1 is 1.26 bits per heavy atom. The first-order chi connectivity index (χ1) is 13.2. The van der Waals surface area contributed by atoms with Gasteiger partial charge in [0, 0.05) is 18.5 Å². The topological polar surface area (TPSA) is 85.8 Å². The fraction of sp³-hybridized carbons (Fsp3) is 0.500. The lowest BCUT2D eigenvalue weighted by Crippen LogP contribution is -2.34. The zero-order chi connectivity index (χ0) is 18.6. The van der Waals surface area contributed by atoms with Crippen LogP contribution >= 0.6 is 0 Å². The van der Waals surface area contributed by atoms with Crippen LogP contribution in [0.1, 0.15) is 56.7 Å². The van der Waals surface area contributed by atoms with E-state index in [0.29, 0.717) is 30.3 Å². The van der Waals surface area contributed by atoms with Crippen molar-refractivity contribution in [3.8, 4) is 0 Å². The van der Waals surface area contributed by atoms with Gasteiger partial charge in [0.05, 0.1) is 23.8 Å². The highest BCUT2D eigenvalue weighted by atomic mass is 16.5. The maximum atomic E-state index is 12.6. The second-order valence-electron chi connectivity index (χ2n) is 7.38. The molecule has 1 aromatic carbocycles. The number of nitrogens with one attached hydrogen (secondary N) is 1. The van der Waals surface area contributed by atoms with Gasteiger partial charge in [0.1, 0.15) is 0 Å². The summed E-state index contributed by atoms with van der Waals surface area (Å²) in [7, 11) is 0. The average molecular weight is 367 g/mol. The molecule has 3 aromatic rings. The number of para-hydroxylation sites is 1.